The quantitative estimate of drug-likeness (QED) is 0.796. The van der Waals surface area contributed by atoms with Crippen molar-refractivity contribution in [1.82, 2.24) is 10.2 Å². The molecule has 1 atom stereocenters. The van der Waals surface area contributed by atoms with Crippen LogP contribution in [0.25, 0.3) is 0 Å². The van der Waals surface area contributed by atoms with Gasteiger partial charge in [0, 0.05) is 5.69 Å². The molecule has 0 saturated carbocycles. The number of carbonyl (C=O) groups is 1. The van der Waals surface area contributed by atoms with Gasteiger partial charge < -0.3 is 5.32 Å². The number of carbonyl (C=O) groups excluding carboxylic acids is 1. The molecule has 0 spiro atoms. The van der Waals surface area contributed by atoms with Crippen molar-refractivity contribution in [3.63, 3.8) is 0 Å². The number of sulfonamides is 1. The summed E-state index contributed by atoms with van der Waals surface area (Å²) in [6.45, 7) is 3.27. The molecule has 0 aliphatic rings. The maximum atomic E-state index is 12.2. The van der Waals surface area contributed by atoms with Gasteiger partial charge in [0.2, 0.25) is 11.0 Å². The third-order valence-electron chi connectivity index (χ3n) is 2.54. The Bertz CT molecular complexity index is 772. The SMILES string of the molecule is Cc1nnc(NS(=O)(=O)c2ccc(NC(=O)[C@H](C)Cl)cc2)s1. The molecule has 0 unspecified atom stereocenters. The summed E-state index contributed by atoms with van der Waals surface area (Å²) in [6, 6.07) is 5.73. The van der Waals surface area contributed by atoms with E-state index in [1.54, 1.807) is 13.8 Å². The van der Waals surface area contributed by atoms with Gasteiger partial charge in [-0.15, -0.1) is 21.8 Å². The molecule has 22 heavy (non-hydrogen) atoms. The maximum absolute atomic E-state index is 12.2. The van der Waals surface area contributed by atoms with E-state index in [4.69, 9.17) is 11.6 Å². The first kappa shape index (κ1) is 16.7. The van der Waals surface area contributed by atoms with Crippen molar-refractivity contribution < 1.29 is 13.2 Å². The number of rotatable bonds is 5. The third kappa shape index (κ3) is 4.15. The van der Waals surface area contributed by atoms with Crippen LogP contribution in [-0.4, -0.2) is 29.9 Å². The lowest BCUT2D eigenvalue weighted by atomic mass is 10.3. The second-order valence-corrected chi connectivity index (χ2v) is 7.88. The number of aryl methyl sites for hydroxylation is 1. The fourth-order valence-electron chi connectivity index (χ4n) is 1.47. The largest absolute Gasteiger partial charge is 0.325 e. The molecule has 1 amide bonds. The highest BCUT2D eigenvalue weighted by molar-refractivity contribution is 7.93. The number of alkyl halides is 1. The van der Waals surface area contributed by atoms with Gasteiger partial charge in [-0.25, -0.2) is 8.42 Å². The normalized spacial score (nSPS) is 12.7. The van der Waals surface area contributed by atoms with Gasteiger partial charge in [-0.05, 0) is 38.1 Å². The molecular formula is C12H13ClN4O3S2. The number of nitrogens with one attached hydrogen (secondary N) is 2. The Kier molecular flexibility index (Phi) is 4.99. The Hall–Kier alpha value is -1.71. The van der Waals surface area contributed by atoms with E-state index in [0.717, 1.165) is 11.3 Å². The van der Waals surface area contributed by atoms with Crippen LogP contribution in [0.3, 0.4) is 0 Å². The molecule has 2 aromatic rings. The minimum absolute atomic E-state index is 0.0530. The minimum atomic E-state index is -3.74. The summed E-state index contributed by atoms with van der Waals surface area (Å²) in [5.74, 6) is -0.361. The molecule has 7 nitrogen and oxygen atoms in total. The Balaban J connectivity index is 2.13. The Morgan fingerprint density at radius 1 is 1.27 bits per heavy atom. The van der Waals surface area contributed by atoms with Crippen molar-refractivity contribution in [2.45, 2.75) is 24.1 Å². The third-order valence-corrected chi connectivity index (χ3v) is 4.98. The molecule has 10 heteroatoms. The number of amides is 1. The van der Waals surface area contributed by atoms with Gasteiger partial charge in [-0.3, -0.25) is 9.52 Å². The van der Waals surface area contributed by atoms with Crippen molar-refractivity contribution in [2.24, 2.45) is 0 Å². The Morgan fingerprint density at radius 2 is 1.91 bits per heavy atom. The highest BCUT2D eigenvalue weighted by atomic mass is 35.5. The molecule has 2 rings (SSSR count). The van der Waals surface area contributed by atoms with Crippen LogP contribution in [0.4, 0.5) is 10.8 Å². The highest BCUT2D eigenvalue weighted by Gasteiger charge is 2.17. The van der Waals surface area contributed by atoms with Gasteiger partial charge in [0.25, 0.3) is 10.0 Å². The summed E-state index contributed by atoms with van der Waals surface area (Å²) in [7, 11) is -3.74. The van der Waals surface area contributed by atoms with Gasteiger partial charge in [0.05, 0.1) is 4.90 Å². The van der Waals surface area contributed by atoms with Gasteiger partial charge in [-0.1, -0.05) is 11.3 Å². The van der Waals surface area contributed by atoms with Crippen molar-refractivity contribution in [3.8, 4) is 0 Å². The molecule has 1 aromatic heterocycles. The van der Waals surface area contributed by atoms with Gasteiger partial charge in [-0.2, -0.15) is 0 Å². The van der Waals surface area contributed by atoms with E-state index in [2.05, 4.69) is 20.2 Å². The fraction of sp³-hybridized carbons (Fsp3) is 0.250. The van der Waals surface area contributed by atoms with Crippen LogP contribution in [0.5, 0.6) is 0 Å². The van der Waals surface area contributed by atoms with E-state index in [1.165, 1.54) is 24.3 Å². The zero-order valence-corrected chi connectivity index (χ0v) is 14.1. The van der Waals surface area contributed by atoms with Crippen LogP contribution >= 0.6 is 22.9 Å². The van der Waals surface area contributed by atoms with E-state index in [0.29, 0.717) is 10.7 Å². The van der Waals surface area contributed by atoms with Crippen LogP contribution in [0, 0.1) is 6.92 Å². The summed E-state index contributed by atoms with van der Waals surface area (Å²) >= 11 is 6.78. The average Bonchev–Trinajstić information content (AvgIpc) is 2.83. The molecule has 0 bridgehead atoms. The number of aromatic nitrogens is 2. The summed E-state index contributed by atoms with van der Waals surface area (Å²) in [4.78, 5) is 11.5. The number of anilines is 2. The molecule has 118 valence electrons. The predicted octanol–water partition coefficient (Wildman–Crippen LogP) is 2.21. The van der Waals surface area contributed by atoms with Gasteiger partial charge in [0.15, 0.2) is 0 Å². The predicted molar refractivity (Wildman–Crippen MR) is 85.8 cm³/mol. The van der Waals surface area contributed by atoms with Crippen molar-refractivity contribution in [2.75, 3.05) is 10.0 Å². The number of halogens is 1. The zero-order chi connectivity index (χ0) is 16.3. The summed E-state index contributed by atoms with van der Waals surface area (Å²) < 4.78 is 26.7. The van der Waals surface area contributed by atoms with E-state index in [9.17, 15) is 13.2 Å². The van der Waals surface area contributed by atoms with Gasteiger partial charge >= 0.3 is 0 Å². The number of benzene rings is 1. The second kappa shape index (κ2) is 6.59. The lowest BCUT2D eigenvalue weighted by Crippen LogP contribution is -2.20. The van der Waals surface area contributed by atoms with Crippen molar-refractivity contribution >= 4 is 49.7 Å². The number of hydrogen-bond acceptors (Lipinski definition) is 6. The topological polar surface area (TPSA) is 101 Å². The maximum Gasteiger partial charge on any atom is 0.263 e. The van der Waals surface area contributed by atoms with Crippen molar-refractivity contribution in [3.05, 3.63) is 29.3 Å². The molecule has 0 aliphatic heterocycles. The number of nitrogens with zero attached hydrogens (tertiary/aromatic N) is 2. The first-order valence-electron chi connectivity index (χ1n) is 6.16. The summed E-state index contributed by atoms with van der Waals surface area (Å²) in [6.07, 6.45) is 0. The molecule has 0 saturated heterocycles. The van der Waals surface area contributed by atoms with Crippen LogP contribution in [0.2, 0.25) is 0 Å². The minimum Gasteiger partial charge on any atom is -0.325 e. The molecule has 1 aromatic carbocycles. The first-order chi connectivity index (χ1) is 10.3. The van der Waals surface area contributed by atoms with Crippen LogP contribution in [0.15, 0.2) is 29.2 Å². The highest BCUT2D eigenvalue weighted by Crippen LogP contribution is 2.20. The molecular weight excluding hydrogens is 348 g/mol. The van der Waals surface area contributed by atoms with E-state index >= 15 is 0 Å². The lowest BCUT2D eigenvalue weighted by Gasteiger charge is -2.08. The lowest BCUT2D eigenvalue weighted by molar-refractivity contribution is -0.115. The standard InChI is InChI=1S/C12H13ClN4O3S2/c1-7(13)11(18)14-9-3-5-10(6-4-9)22(19,20)17-12-16-15-8(2)21-12/h3-7H,1-2H3,(H,14,18)(H,16,17)/t7-/m0/s1. The summed E-state index contributed by atoms with van der Waals surface area (Å²) in [5.41, 5.74) is 0.461. The Morgan fingerprint density at radius 3 is 2.41 bits per heavy atom. The van der Waals surface area contributed by atoms with E-state index in [-0.39, 0.29) is 15.9 Å². The Labute approximate surface area is 136 Å². The first-order valence-corrected chi connectivity index (χ1v) is 8.89. The monoisotopic (exact) mass is 360 g/mol. The summed E-state index contributed by atoms with van der Waals surface area (Å²) in [5, 5.41) is 10.2. The molecule has 0 fully saturated rings. The molecule has 2 N–H and O–H groups in total. The molecule has 1 heterocycles. The van der Waals surface area contributed by atoms with Crippen LogP contribution in [0.1, 0.15) is 11.9 Å². The fourth-order valence-corrected chi connectivity index (χ4v) is 3.35. The van der Waals surface area contributed by atoms with E-state index in [1.807, 2.05) is 0 Å². The average molecular weight is 361 g/mol. The van der Waals surface area contributed by atoms with Crippen LogP contribution < -0.4 is 10.0 Å². The number of hydrogen-bond donors (Lipinski definition) is 2. The smallest absolute Gasteiger partial charge is 0.263 e. The second-order valence-electron chi connectivity index (χ2n) is 4.36. The van der Waals surface area contributed by atoms with E-state index < -0.39 is 15.4 Å². The van der Waals surface area contributed by atoms with Crippen LogP contribution in [-0.2, 0) is 14.8 Å². The van der Waals surface area contributed by atoms with Crippen molar-refractivity contribution in [1.29, 1.82) is 0 Å². The molecule has 0 radical (unpaired) electrons. The van der Waals surface area contributed by atoms with Gasteiger partial charge in [0.1, 0.15) is 10.4 Å². The zero-order valence-electron chi connectivity index (χ0n) is 11.7. The molecule has 0 aliphatic carbocycles.